The van der Waals surface area contributed by atoms with Gasteiger partial charge in [0.2, 0.25) is 10.0 Å². The summed E-state index contributed by atoms with van der Waals surface area (Å²) in [5, 5.41) is 2.40. The van der Waals surface area contributed by atoms with Crippen molar-refractivity contribution in [2.24, 2.45) is 4.99 Å². The molecule has 1 rings (SSSR count). The number of sulfonamides is 1. The van der Waals surface area contributed by atoms with E-state index in [1.165, 1.54) is 19.3 Å². The van der Waals surface area contributed by atoms with Crippen molar-refractivity contribution in [2.75, 3.05) is 12.4 Å². The summed E-state index contributed by atoms with van der Waals surface area (Å²) in [6.07, 6.45) is 4.59. The Kier molecular flexibility index (Phi) is 5.76. The average molecular weight is 310 g/mol. The molecule has 0 aliphatic carbocycles. The molecule has 0 saturated carbocycles. The number of carbonyl (C=O) groups excluding carboxylic acids is 1. The predicted molar refractivity (Wildman–Crippen MR) is 78.0 cm³/mol. The van der Waals surface area contributed by atoms with Gasteiger partial charge in [-0.05, 0) is 13.1 Å². The number of amides is 1. The van der Waals surface area contributed by atoms with Crippen LogP contribution in [0.15, 0.2) is 54.0 Å². The summed E-state index contributed by atoms with van der Waals surface area (Å²) in [7, 11) is -2.38. The maximum atomic E-state index is 11.9. The van der Waals surface area contributed by atoms with E-state index in [1.54, 1.807) is 0 Å². The lowest BCUT2D eigenvalue weighted by Gasteiger charge is -2.07. The molecular weight excluding hydrogens is 296 g/mol. The standard InChI is InChI=1S/C12H14N4O4S/c1-4-15-12(20-5-2)11(17)16-9-6-10(8-14-7-9)21(18,19)13-3/h4-8,13H,1-2H2,3H3,(H,16,17). The molecule has 0 aromatic carbocycles. The van der Waals surface area contributed by atoms with Gasteiger partial charge in [0.1, 0.15) is 4.90 Å². The smallest absolute Gasteiger partial charge is 0.311 e. The van der Waals surface area contributed by atoms with Crippen LogP contribution < -0.4 is 10.0 Å². The minimum Gasteiger partial charge on any atom is -0.443 e. The van der Waals surface area contributed by atoms with Gasteiger partial charge in [0.25, 0.3) is 5.90 Å². The molecule has 0 spiro atoms. The largest absolute Gasteiger partial charge is 0.443 e. The minimum atomic E-state index is -3.65. The van der Waals surface area contributed by atoms with Gasteiger partial charge in [0.05, 0.1) is 18.1 Å². The summed E-state index contributed by atoms with van der Waals surface area (Å²) in [5.74, 6) is -0.988. The molecule has 0 unspecified atom stereocenters. The Morgan fingerprint density at radius 1 is 1.43 bits per heavy atom. The number of hydrogen-bond acceptors (Lipinski definition) is 6. The number of nitrogens with one attached hydrogen (secondary N) is 2. The first kappa shape index (κ1) is 16.5. The zero-order valence-electron chi connectivity index (χ0n) is 11.2. The molecule has 8 nitrogen and oxygen atoms in total. The van der Waals surface area contributed by atoms with Crippen LogP contribution in [0.2, 0.25) is 0 Å². The molecule has 0 aliphatic heterocycles. The van der Waals surface area contributed by atoms with E-state index in [0.29, 0.717) is 0 Å². The van der Waals surface area contributed by atoms with E-state index >= 15 is 0 Å². The van der Waals surface area contributed by atoms with E-state index in [2.05, 4.69) is 33.2 Å². The molecule has 1 aromatic rings. The highest BCUT2D eigenvalue weighted by atomic mass is 32.2. The zero-order valence-corrected chi connectivity index (χ0v) is 12.1. The van der Waals surface area contributed by atoms with Crippen LogP contribution in [-0.4, -0.2) is 32.3 Å². The van der Waals surface area contributed by atoms with Gasteiger partial charge in [-0.15, -0.1) is 0 Å². The van der Waals surface area contributed by atoms with Crippen molar-refractivity contribution >= 4 is 27.5 Å². The lowest BCUT2D eigenvalue weighted by Crippen LogP contribution is -2.24. The van der Waals surface area contributed by atoms with Crippen molar-refractivity contribution in [3.8, 4) is 0 Å². The molecule has 1 aromatic heterocycles. The lowest BCUT2D eigenvalue weighted by molar-refractivity contribution is -0.111. The number of aromatic nitrogens is 1. The van der Waals surface area contributed by atoms with Crippen molar-refractivity contribution in [2.45, 2.75) is 4.90 Å². The van der Waals surface area contributed by atoms with Crippen LogP contribution in [0.3, 0.4) is 0 Å². The summed E-state index contributed by atoms with van der Waals surface area (Å²) >= 11 is 0. The average Bonchev–Trinajstić information content (AvgIpc) is 2.47. The van der Waals surface area contributed by atoms with Gasteiger partial charge in [0.15, 0.2) is 0 Å². The summed E-state index contributed by atoms with van der Waals surface area (Å²) in [4.78, 5) is 19.1. The molecule has 0 saturated heterocycles. The van der Waals surface area contributed by atoms with Gasteiger partial charge in [-0.1, -0.05) is 13.2 Å². The molecular formula is C12H14N4O4S. The lowest BCUT2D eigenvalue weighted by atomic mass is 10.4. The molecule has 1 amide bonds. The first-order valence-corrected chi connectivity index (χ1v) is 7.09. The number of nitrogens with zero attached hydrogens (tertiary/aromatic N) is 2. The Morgan fingerprint density at radius 2 is 2.14 bits per heavy atom. The van der Waals surface area contributed by atoms with Crippen molar-refractivity contribution in [3.05, 3.63) is 44.1 Å². The number of aliphatic imine (C=N–C) groups is 1. The SMILES string of the molecule is C=CN=C(OC=C)C(=O)Nc1cncc(S(=O)(=O)NC)c1. The zero-order chi connectivity index (χ0) is 15.9. The number of anilines is 1. The van der Waals surface area contributed by atoms with E-state index in [-0.39, 0.29) is 16.5 Å². The third kappa shape index (κ3) is 4.51. The predicted octanol–water partition coefficient (Wildman–Crippen LogP) is 0.630. The second kappa shape index (κ2) is 7.31. The molecule has 0 atom stereocenters. The van der Waals surface area contributed by atoms with Crippen LogP contribution in [0.1, 0.15) is 0 Å². The summed E-state index contributed by atoms with van der Waals surface area (Å²) in [5.41, 5.74) is 0.167. The van der Waals surface area contributed by atoms with Gasteiger partial charge in [-0.25, -0.2) is 18.1 Å². The van der Waals surface area contributed by atoms with Crippen molar-refractivity contribution in [1.82, 2.24) is 9.71 Å². The number of carbonyl (C=O) groups is 1. The molecule has 112 valence electrons. The summed E-state index contributed by atoms with van der Waals surface area (Å²) in [6, 6.07) is 1.25. The Bertz CT molecular complexity index is 682. The first-order chi connectivity index (χ1) is 9.94. The van der Waals surface area contributed by atoms with Crippen LogP contribution >= 0.6 is 0 Å². The number of pyridine rings is 1. The normalized spacial score (nSPS) is 11.6. The Hall–Kier alpha value is -2.52. The third-order valence-electron chi connectivity index (χ3n) is 2.15. The van der Waals surface area contributed by atoms with E-state index in [4.69, 9.17) is 4.74 Å². The fourth-order valence-corrected chi connectivity index (χ4v) is 1.96. The molecule has 0 fully saturated rings. The van der Waals surface area contributed by atoms with Crippen molar-refractivity contribution in [3.63, 3.8) is 0 Å². The van der Waals surface area contributed by atoms with Crippen LogP contribution in [0.5, 0.6) is 0 Å². The molecule has 0 bridgehead atoms. The van der Waals surface area contributed by atoms with Crippen LogP contribution in [0.4, 0.5) is 5.69 Å². The van der Waals surface area contributed by atoms with Gasteiger partial charge >= 0.3 is 5.91 Å². The van der Waals surface area contributed by atoms with Crippen molar-refractivity contribution in [1.29, 1.82) is 0 Å². The topological polar surface area (TPSA) is 110 Å². The van der Waals surface area contributed by atoms with Crippen molar-refractivity contribution < 1.29 is 17.9 Å². The Labute approximate surface area is 122 Å². The maximum absolute atomic E-state index is 11.9. The quantitative estimate of drug-likeness (QED) is 0.471. The van der Waals surface area contributed by atoms with E-state index in [1.807, 2.05) is 0 Å². The van der Waals surface area contributed by atoms with Gasteiger partial charge in [-0.2, -0.15) is 0 Å². The van der Waals surface area contributed by atoms with Gasteiger partial charge in [-0.3, -0.25) is 9.78 Å². The second-order valence-corrected chi connectivity index (χ2v) is 5.36. The highest BCUT2D eigenvalue weighted by Crippen LogP contribution is 2.13. The first-order valence-electron chi connectivity index (χ1n) is 5.60. The van der Waals surface area contributed by atoms with Gasteiger partial charge < -0.3 is 10.1 Å². The fourth-order valence-electron chi connectivity index (χ4n) is 1.24. The molecule has 0 aliphatic rings. The third-order valence-corrected chi connectivity index (χ3v) is 3.53. The minimum absolute atomic E-state index is 0.0883. The molecule has 0 radical (unpaired) electrons. The van der Waals surface area contributed by atoms with Gasteiger partial charge in [0, 0.05) is 12.4 Å². The van der Waals surface area contributed by atoms with Crippen LogP contribution in [-0.2, 0) is 19.6 Å². The highest BCUT2D eigenvalue weighted by Gasteiger charge is 2.16. The number of hydrogen-bond donors (Lipinski definition) is 2. The highest BCUT2D eigenvalue weighted by molar-refractivity contribution is 7.89. The maximum Gasteiger partial charge on any atom is 0.311 e. The molecule has 1 heterocycles. The van der Waals surface area contributed by atoms with Crippen LogP contribution in [0.25, 0.3) is 0 Å². The Balaban J connectivity index is 3.01. The van der Waals surface area contributed by atoms with E-state index in [9.17, 15) is 13.2 Å². The Morgan fingerprint density at radius 3 is 2.71 bits per heavy atom. The molecule has 21 heavy (non-hydrogen) atoms. The monoisotopic (exact) mass is 310 g/mol. The fraction of sp³-hybridized carbons (Fsp3) is 0.0833. The molecule has 2 N–H and O–H groups in total. The number of rotatable bonds is 5. The summed E-state index contributed by atoms with van der Waals surface area (Å²) in [6.45, 7) is 6.66. The number of ether oxygens (including phenoxy) is 1. The van der Waals surface area contributed by atoms with E-state index in [0.717, 1.165) is 18.7 Å². The second-order valence-electron chi connectivity index (χ2n) is 3.47. The summed E-state index contributed by atoms with van der Waals surface area (Å²) < 4.78 is 30.2. The van der Waals surface area contributed by atoms with Crippen LogP contribution in [0, 0.1) is 0 Å². The van der Waals surface area contributed by atoms with E-state index < -0.39 is 15.9 Å². The molecule has 9 heteroatoms.